The molecule has 1 saturated heterocycles. The lowest BCUT2D eigenvalue weighted by Crippen LogP contribution is -2.37. The molecule has 2 rings (SSSR count). The average Bonchev–Trinajstić information content (AvgIpc) is 2.81. The summed E-state index contributed by atoms with van der Waals surface area (Å²) in [6, 6.07) is 5.93. The Morgan fingerprint density at radius 3 is 2.52 bits per heavy atom. The summed E-state index contributed by atoms with van der Waals surface area (Å²) >= 11 is 1.48. The lowest BCUT2D eigenvalue weighted by molar-refractivity contribution is -0.132. The summed E-state index contributed by atoms with van der Waals surface area (Å²) in [6.45, 7) is 0.306. The lowest BCUT2D eigenvalue weighted by Gasteiger charge is -2.14. The minimum Gasteiger partial charge on any atom is -0.350 e. The fourth-order valence-corrected chi connectivity index (χ4v) is 3.19. The van der Waals surface area contributed by atoms with E-state index >= 15 is 0 Å². The topological polar surface area (TPSA) is 110 Å². The third-order valence-electron chi connectivity index (χ3n) is 2.90. The van der Waals surface area contributed by atoms with Gasteiger partial charge in [0.25, 0.3) is 0 Å². The monoisotopic (exact) mass is 329 g/mol. The molecule has 0 saturated carbocycles. The van der Waals surface area contributed by atoms with Gasteiger partial charge >= 0.3 is 0 Å². The number of thioether (sulfide) groups is 1. The van der Waals surface area contributed by atoms with Gasteiger partial charge in [-0.3, -0.25) is 9.59 Å². The second kappa shape index (κ2) is 6.46. The quantitative estimate of drug-likeness (QED) is 0.755. The molecule has 21 heavy (non-hydrogen) atoms. The molecule has 1 aliphatic rings. The number of rotatable bonds is 5. The Labute approximate surface area is 126 Å². The molecule has 0 aromatic heterocycles. The number of amides is 2. The zero-order valence-corrected chi connectivity index (χ0v) is 12.7. The Kier molecular flexibility index (Phi) is 4.86. The molecule has 0 unspecified atom stereocenters. The molecule has 3 N–H and O–H groups in total. The number of carbonyl (C=O) groups excluding carboxylic acids is 2. The molecule has 0 atom stereocenters. The minimum absolute atomic E-state index is 0.0252. The zero-order valence-electron chi connectivity index (χ0n) is 11.1. The molecule has 7 nitrogen and oxygen atoms in total. The van der Waals surface area contributed by atoms with Crippen LogP contribution in [-0.2, 0) is 26.2 Å². The second-order valence-electron chi connectivity index (χ2n) is 4.53. The van der Waals surface area contributed by atoms with Crippen LogP contribution in [0.1, 0.15) is 5.56 Å². The van der Waals surface area contributed by atoms with E-state index in [2.05, 4.69) is 5.32 Å². The molecule has 114 valence electrons. The van der Waals surface area contributed by atoms with Crippen molar-refractivity contribution in [3.8, 4) is 0 Å². The molecule has 0 radical (unpaired) electrons. The highest BCUT2D eigenvalue weighted by atomic mass is 32.2. The molecule has 0 spiro atoms. The molecule has 1 aliphatic heterocycles. The van der Waals surface area contributed by atoms with Crippen LogP contribution in [-0.4, -0.2) is 43.3 Å². The fraction of sp³-hybridized carbons (Fsp3) is 0.333. The van der Waals surface area contributed by atoms with Crippen molar-refractivity contribution < 1.29 is 18.0 Å². The van der Waals surface area contributed by atoms with Gasteiger partial charge in [0, 0.05) is 6.54 Å². The van der Waals surface area contributed by atoms with E-state index in [0.717, 1.165) is 5.56 Å². The zero-order chi connectivity index (χ0) is 15.5. The van der Waals surface area contributed by atoms with Crippen LogP contribution in [0.15, 0.2) is 29.2 Å². The largest absolute Gasteiger partial charge is 0.350 e. The number of nitrogens with two attached hydrogens (primary N) is 1. The first-order valence-electron chi connectivity index (χ1n) is 6.10. The second-order valence-corrected chi connectivity index (χ2v) is 7.05. The van der Waals surface area contributed by atoms with Crippen LogP contribution < -0.4 is 10.5 Å². The van der Waals surface area contributed by atoms with Gasteiger partial charge in [0.1, 0.15) is 6.54 Å². The molecule has 1 heterocycles. The highest BCUT2D eigenvalue weighted by molar-refractivity contribution is 8.00. The number of sulfonamides is 1. The van der Waals surface area contributed by atoms with Crippen LogP contribution >= 0.6 is 11.8 Å². The Morgan fingerprint density at radius 2 is 2.00 bits per heavy atom. The van der Waals surface area contributed by atoms with Crippen molar-refractivity contribution in [3.05, 3.63) is 29.8 Å². The molecule has 1 fully saturated rings. The van der Waals surface area contributed by atoms with Gasteiger partial charge in [0.15, 0.2) is 0 Å². The Bertz CT molecular complexity index is 643. The lowest BCUT2D eigenvalue weighted by atomic mass is 10.2. The third kappa shape index (κ3) is 4.45. The number of hydrogen-bond acceptors (Lipinski definition) is 5. The van der Waals surface area contributed by atoms with E-state index in [1.54, 1.807) is 12.1 Å². The third-order valence-corrected chi connectivity index (χ3v) is 4.78. The Morgan fingerprint density at radius 1 is 1.33 bits per heavy atom. The van der Waals surface area contributed by atoms with E-state index in [1.165, 1.54) is 28.8 Å². The summed E-state index contributed by atoms with van der Waals surface area (Å²) in [6.07, 6.45) is 0. The Hall–Kier alpha value is -1.58. The summed E-state index contributed by atoms with van der Waals surface area (Å²) in [7, 11) is -3.71. The van der Waals surface area contributed by atoms with Gasteiger partial charge in [-0.1, -0.05) is 12.1 Å². The smallest absolute Gasteiger partial charge is 0.239 e. The number of nitrogens with one attached hydrogen (secondary N) is 1. The van der Waals surface area contributed by atoms with Crippen LogP contribution in [0.4, 0.5) is 0 Å². The van der Waals surface area contributed by atoms with Gasteiger partial charge in [-0.2, -0.15) is 0 Å². The van der Waals surface area contributed by atoms with Crippen LogP contribution in [0.5, 0.6) is 0 Å². The molecule has 0 aliphatic carbocycles. The number of hydrogen-bond donors (Lipinski definition) is 2. The molecule has 0 bridgehead atoms. The van der Waals surface area contributed by atoms with Crippen molar-refractivity contribution in [2.45, 2.75) is 11.4 Å². The maximum atomic E-state index is 11.7. The van der Waals surface area contributed by atoms with E-state index in [1.807, 2.05) is 0 Å². The highest BCUT2D eigenvalue weighted by Gasteiger charge is 2.22. The van der Waals surface area contributed by atoms with Crippen molar-refractivity contribution in [2.75, 3.05) is 18.2 Å². The van der Waals surface area contributed by atoms with Crippen molar-refractivity contribution in [3.63, 3.8) is 0 Å². The first-order valence-corrected chi connectivity index (χ1v) is 8.80. The van der Waals surface area contributed by atoms with Crippen molar-refractivity contribution >= 4 is 33.6 Å². The van der Waals surface area contributed by atoms with E-state index < -0.39 is 10.0 Å². The molecule has 2 amide bonds. The van der Waals surface area contributed by atoms with E-state index in [-0.39, 0.29) is 29.8 Å². The highest BCUT2D eigenvalue weighted by Crippen LogP contribution is 2.14. The van der Waals surface area contributed by atoms with Crippen LogP contribution in [0.2, 0.25) is 0 Å². The first kappa shape index (κ1) is 15.8. The molecular weight excluding hydrogens is 314 g/mol. The summed E-state index contributed by atoms with van der Waals surface area (Å²) in [5, 5.41) is 7.68. The van der Waals surface area contributed by atoms with Gasteiger partial charge in [-0.25, -0.2) is 13.6 Å². The van der Waals surface area contributed by atoms with Crippen molar-refractivity contribution in [1.82, 2.24) is 10.2 Å². The van der Waals surface area contributed by atoms with E-state index in [0.29, 0.717) is 11.6 Å². The summed E-state index contributed by atoms with van der Waals surface area (Å²) in [5.74, 6) is 0.673. The van der Waals surface area contributed by atoms with Crippen LogP contribution in [0.3, 0.4) is 0 Å². The average molecular weight is 329 g/mol. The SMILES string of the molecule is NS(=O)(=O)c1ccc(CNC(=O)CN2CSCC2=O)cc1. The molecule has 1 aromatic rings. The van der Waals surface area contributed by atoms with E-state index in [9.17, 15) is 18.0 Å². The number of benzene rings is 1. The fourth-order valence-electron chi connectivity index (χ4n) is 1.77. The molecule has 1 aromatic carbocycles. The van der Waals surface area contributed by atoms with Gasteiger partial charge in [-0.05, 0) is 17.7 Å². The summed E-state index contributed by atoms with van der Waals surface area (Å²) in [4.78, 5) is 24.6. The molecular formula is C12H15N3O4S2. The summed E-state index contributed by atoms with van der Waals surface area (Å²) in [5.41, 5.74) is 0.748. The summed E-state index contributed by atoms with van der Waals surface area (Å²) < 4.78 is 22.2. The molecule has 9 heteroatoms. The van der Waals surface area contributed by atoms with Gasteiger partial charge in [-0.15, -0.1) is 11.8 Å². The van der Waals surface area contributed by atoms with Crippen LogP contribution in [0.25, 0.3) is 0 Å². The maximum absolute atomic E-state index is 11.7. The van der Waals surface area contributed by atoms with Gasteiger partial charge in [0.05, 0.1) is 16.5 Å². The van der Waals surface area contributed by atoms with Crippen molar-refractivity contribution in [1.29, 1.82) is 0 Å². The number of primary sulfonamides is 1. The normalized spacial score (nSPS) is 15.3. The minimum atomic E-state index is -3.71. The predicted molar refractivity (Wildman–Crippen MR) is 78.7 cm³/mol. The number of carbonyl (C=O) groups is 2. The van der Waals surface area contributed by atoms with Gasteiger partial charge in [0.2, 0.25) is 21.8 Å². The van der Waals surface area contributed by atoms with Crippen LogP contribution in [0, 0.1) is 0 Å². The van der Waals surface area contributed by atoms with Gasteiger partial charge < -0.3 is 10.2 Å². The standard InChI is InChI=1S/C12H15N3O4S2/c13-21(18,19)10-3-1-9(2-4-10)5-14-11(16)6-15-8-20-7-12(15)17/h1-4H,5-8H2,(H,14,16)(H2,13,18,19). The maximum Gasteiger partial charge on any atom is 0.239 e. The van der Waals surface area contributed by atoms with Crippen molar-refractivity contribution in [2.24, 2.45) is 5.14 Å². The predicted octanol–water partition coefficient (Wildman–Crippen LogP) is -0.517. The Balaban J connectivity index is 1.85. The number of nitrogens with zero attached hydrogens (tertiary/aromatic N) is 1. The van der Waals surface area contributed by atoms with E-state index in [4.69, 9.17) is 5.14 Å². The first-order chi connectivity index (χ1) is 9.86.